The largest absolute Gasteiger partial charge is 0.441 e. The van der Waals surface area contributed by atoms with E-state index >= 15 is 0 Å². The van der Waals surface area contributed by atoms with Crippen LogP contribution in [0.4, 0.5) is 0 Å². The first kappa shape index (κ1) is 16.2. The van der Waals surface area contributed by atoms with Crippen LogP contribution in [0.2, 0.25) is 13.1 Å². The van der Waals surface area contributed by atoms with Gasteiger partial charge in [-0.1, -0.05) is 20.8 Å². The predicted molar refractivity (Wildman–Crippen MR) is 75.0 cm³/mol. The molecule has 0 saturated carbocycles. The van der Waals surface area contributed by atoms with Gasteiger partial charge in [-0.3, -0.25) is 9.59 Å². The van der Waals surface area contributed by atoms with Crippen LogP contribution in [0.25, 0.3) is 0 Å². The van der Waals surface area contributed by atoms with E-state index in [2.05, 4.69) is 18.4 Å². The highest BCUT2D eigenvalue weighted by atomic mass is 28.3. The molecule has 110 valence electrons. The third-order valence-electron chi connectivity index (χ3n) is 3.73. The van der Waals surface area contributed by atoms with E-state index in [1.165, 1.54) is 6.92 Å². The summed E-state index contributed by atoms with van der Waals surface area (Å²) in [5.41, 5.74) is -0.874. The Hall–Kier alpha value is -0.883. The lowest BCUT2D eigenvalue weighted by Gasteiger charge is -2.53. The van der Waals surface area contributed by atoms with Crippen LogP contribution < -0.4 is 5.32 Å². The van der Waals surface area contributed by atoms with E-state index in [9.17, 15) is 9.59 Å². The first-order valence-electron chi connectivity index (χ1n) is 6.64. The first-order chi connectivity index (χ1) is 8.49. The van der Waals surface area contributed by atoms with Crippen molar-refractivity contribution in [1.29, 1.82) is 0 Å². The number of rotatable bonds is 4. The van der Waals surface area contributed by atoms with Gasteiger partial charge in [0.25, 0.3) is 0 Å². The second-order valence-electron chi connectivity index (χ2n) is 6.54. The van der Waals surface area contributed by atoms with Crippen LogP contribution in [0.15, 0.2) is 0 Å². The maximum Gasteiger partial charge on any atom is 0.304 e. The van der Waals surface area contributed by atoms with Crippen molar-refractivity contribution < 1.29 is 18.8 Å². The molecule has 1 rings (SSSR count). The monoisotopic (exact) mass is 287 g/mol. The third kappa shape index (κ3) is 3.17. The summed E-state index contributed by atoms with van der Waals surface area (Å²) in [6.45, 7) is 13.6. The zero-order valence-electron chi connectivity index (χ0n) is 12.9. The Morgan fingerprint density at radius 1 is 1.26 bits per heavy atom. The molecule has 1 amide bonds. The number of esters is 1. The van der Waals surface area contributed by atoms with Gasteiger partial charge in [0.1, 0.15) is 5.92 Å². The van der Waals surface area contributed by atoms with Crippen LogP contribution in [0.1, 0.15) is 34.6 Å². The SMILES string of the molecule is CC(=O)O[C@H]1NC(=O)[C@@H]1[C@@](C)(O[SiH](C)C)C(C)(C)C. The van der Waals surface area contributed by atoms with Crippen LogP contribution in [-0.4, -0.2) is 32.7 Å². The molecule has 1 fully saturated rings. The fourth-order valence-corrected chi connectivity index (χ4v) is 3.86. The molecule has 19 heavy (non-hydrogen) atoms. The van der Waals surface area contributed by atoms with E-state index < -0.39 is 32.8 Å². The van der Waals surface area contributed by atoms with Crippen molar-refractivity contribution >= 4 is 20.9 Å². The molecule has 0 aromatic heterocycles. The molecule has 0 aromatic carbocycles. The smallest absolute Gasteiger partial charge is 0.304 e. The maximum atomic E-state index is 11.9. The summed E-state index contributed by atoms with van der Waals surface area (Å²) >= 11 is 0. The Balaban J connectivity index is 3.03. The van der Waals surface area contributed by atoms with Gasteiger partial charge in [0.05, 0.1) is 5.60 Å². The van der Waals surface area contributed by atoms with E-state index in [0.717, 1.165) is 0 Å². The second kappa shape index (κ2) is 5.24. The van der Waals surface area contributed by atoms with Crippen molar-refractivity contribution in [2.45, 2.75) is 59.5 Å². The Labute approximate surface area is 116 Å². The molecular formula is C13H25NO4Si. The Morgan fingerprint density at radius 3 is 2.11 bits per heavy atom. The van der Waals surface area contributed by atoms with Gasteiger partial charge in [-0.25, -0.2) is 0 Å². The number of hydrogen-bond acceptors (Lipinski definition) is 4. The van der Waals surface area contributed by atoms with Gasteiger partial charge in [-0.05, 0) is 25.4 Å². The van der Waals surface area contributed by atoms with E-state index in [-0.39, 0.29) is 11.3 Å². The van der Waals surface area contributed by atoms with Crippen molar-refractivity contribution in [3.05, 3.63) is 0 Å². The summed E-state index contributed by atoms with van der Waals surface area (Å²) in [6.07, 6.45) is -0.582. The molecule has 0 spiro atoms. The highest BCUT2D eigenvalue weighted by molar-refractivity contribution is 6.48. The van der Waals surface area contributed by atoms with Gasteiger partial charge in [0.15, 0.2) is 15.3 Å². The third-order valence-corrected chi connectivity index (χ3v) is 4.69. The molecule has 6 heteroatoms. The van der Waals surface area contributed by atoms with Gasteiger partial charge in [0, 0.05) is 6.92 Å². The van der Waals surface area contributed by atoms with Gasteiger partial charge in [-0.15, -0.1) is 0 Å². The minimum Gasteiger partial charge on any atom is -0.441 e. The summed E-state index contributed by atoms with van der Waals surface area (Å²) in [5, 5.41) is 2.63. The minimum absolute atomic E-state index is 0.113. The van der Waals surface area contributed by atoms with Crippen molar-refractivity contribution in [2.75, 3.05) is 0 Å². The Bertz CT molecular complexity index is 377. The lowest BCUT2D eigenvalue weighted by Crippen LogP contribution is -2.71. The lowest BCUT2D eigenvalue weighted by molar-refractivity contribution is -0.193. The minimum atomic E-state index is -1.34. The first-order valence-corrected chi connectivity index (χ1v) is 9.42. The molecule has 3 atom stereocenters. The summed E-state index contributed by atoms with van der Waals surface area (Å²) in [5.74, 6) is -0.960. The highest BCUT2D eigenvalue weighted by Gasteiger charge is 2.58. The molecule has 1 saturated heterocycles. The van der Waals surface area contributed by atoms with Crippen LogP contribution in [0.3, 0.4) is 0 Å². The zero-order valence-corrected chi connectivity index (χ0v) is 14.0. The number of carbonyl (C=O) groups is 2. The molecule has 1 N–H and O–H groups in total. The number of hydrogen-bond donors (Lipinski definition) is 1. The van der Waals surface area contributed by atoms with Gasteiger partial charge >= 0.3 is 5.97 Å². The van der Waals surface area contributed by atoms with Crippen molar-refractivity contribution in [1.82, 2.24) is 5.32 Å². The zero-order chi connectivity index (χ0) is 15.0. The molecule has 0 unspecified atom stereocenters. The van der Waals surface area contributed by atoms with Crippen molar-refractivity contribution in [3.63, 3.8) is 0 Å². The average molecular weight is 287 g/mol. The van der Waals surface area contributed by atoms with Crippen molar-refractivity contribution in [2.24, 2.45) is 11.3 Å². The van der Waals surface area contributed by atoms with E-state index in [0.29, 0.717) is 0 Å². The van der Waals surface area contributed by atoms with Gasteiger partial charge in [-0.2, -0.15) is 0 Å². The van der Waals surface area contributed by atoms with Crippen LogP contribution >= 0.6 is 0 Å². The Kier molecular flexibility index (Phi) is 4.46. The standard InChI is InChI=1S/C13H25NO4Si/c1-8(15)17-11-9(10(16)14-11)13(5,12(2,3)4)18-19(6)7/h9,11,19H,1-7H3,(H,14,16)/t9-,11+,13+/m0/s1. The normalized spacial score (nSPS) is 26.4. The van der Waals surface area contributed by atoms with Crippen LogP contribution in [0.5, 0.6) is 0 Å². The quantitative estimate of drug-likeness (QED) is 0.482. The summed E-state index contributed by atoms with van der Waals surface area (Å²) in [7, 11) is -1.34. The number of carbonyl (C=O) groups excluding carboxylic acids is 2. The number of nitrogens with one attached hydrogen (secondary N) is 1. The number of β-lactam (4-membered cyclic amide) rings is 1. The maximum absolute atomic E-state index is 11.9. The molecular weight excluding hydrogens is 262 g/mol. The van der Waals surface area contributed by atoms with E-state index in [4.69, 9.17) is 9.16 Å². The van der Waals surface area contributed by atoms with Crippen LogP contribution in [0, 0.1) is 11.3 Å². The summed E-state index contributed by atoms with van der Waals surface area (Å²) < 4.78 is 11.3. The van der Waals surface area contributed by atoms with E-state index in [1.54, 1.807) is 0 Å². The molecule has 1 aliphatic rings. The van der Waals surface area contributed by atoms with E-state index in [1.807, 2.05) is 27.7 Å². The molecule has 0 radical (unpaired) electrons. The molecule has 5 nitrogen and oxygen atoms in total. The van der Waals surface area contributed by atoms with Gasteiger partial charge < -0.3 is 14.5 Å². The Morgan fingerprint density at radius 2 is 1.79 bits per heavy atom. The average Bonchev–Trinajstić information content (AvgIpc) is 2.11. The predicted octanol–water partition coefficient (Wildman–Crippen LogP) is 1.43. The fraction of sp³-hybridized carbons (Fsp3) is 0.846. The summed E-state index contributed by atoms with van der Waals surface area (Å²) in [4.78, 5) is 23.0. The van der Waals surface area contributed by atoms with Gasteiger partial charge in [0.2, 0.25) is 5.91 Å². The molecule has 1 aliphatic heterocycles. The highest BCUT2D eigenvalue weighted by Crippen LogP contribution is 2.44. The number of amides is 1. The topological polar surface area (TPSA) is 64.6 Å². The molecule has 0 aliphatic carbocycles. The number of ether oxygens (including phenoxy) is 1. The van der Waals surface area contributed by atoms with Crippen LogP contribution in [-0.2, 0) is 18.8 Å². The molecule has 0 bridgehead atoms. The molecule has 1 heterocycles. The molecule has 0 aromatic rings. The van der Waals surface area contributed by atoms with Crippen molar-refractivity contribution in [3.8, 4) is 0 Å². The lowest BCUT2D eigenvalue weighted by atomic mass is 9.67. The fourth-order valence-electron chi connectivity index (χ4n) is 2.38. The summed E-state index contributed by atoms with van der Waals surface area (Å²) in [6, 6.07) is 0. The second-order valence-corrected chi connectivity index (χ2v) is 8.87.